The summed E-state index contributed by atoms with van der Waals surface area (Å²) >= 11 is 0. The van der Waals surface area contributed by atoms with Crippen molar-refractivity contribution in [3.63, 3.8) is 0 Å². The number of anilines is 1. The van der Waals surface area contributed by atoms with Crippen molar-refractivity contribution in [1.29, 1.82) is 0 Å². The molecule has 0 aliphatic carbocycles. The summed E-state index contributed by atoms with van der Waals surface area (Å²) in [6.07, 6.45) is -5.12. The van der Waals surface area contributed by atoms with Crippen molar-refractivity contribution < 1.29 is 17.6 Å². The van der Waals surface area contributed by atoms with Gasteiger partial charge in [0.25, 0.3) is 0 Å². The Morgan fingerprint density at radius 2 is 2.07 bits per heavy atom. The highest BCUT2D eigenvalue weighted by Crippen LogP contribution is 2.21. The van der Waals surface area contributed by atoms with Crippen molar-refractivity contribution in [2.75, 3.05) is 18.5 Å². The molecule has 15 heavy (non-hydrogen) atoms. The Balaban J connectivity index is 2.50. The summed E-state index contributed by atoms with van der Waals surface area (Å²) in [5.74, 6) is 0.198. The first-order valence-corrected chi connectivity index (χ1v) is 4.22. The van der Waals surface area contributed by atoms with Gasteiger partial charge in [0.1, 0.15) is 0 Å². The zero-order valence-electron chi connectivity index (χ0n) is 8.08. The lowest BCUT2D eigenvalue weighted by Crippen LogP contribution is -2.24. The van der Waals surface area contributed by atoms with Gasteiger partial charge in [0, 0.05) is 13.6 Å². The van der Waals surface area contributed by atoms with E-state index in [-0.39, 0.29) is 25.0 Å². The van der Waals surface area contributed by atoms with Crippen LogP contribution in [-0.2, 0) is 6.54 Å². The molecule has 86 valence electrons. The normalized spacial score (nSPS) is 11.8. The first kappa shape index (κ1) is 11.8. The zero-order valence-corrected chi connectivity index (χ0v) is 8.08. The molecule has 0 unspecified atom stereocenters. The summed E-state index contributed by atoms with van der Waals surface area (Å²) in [6.45, 7) is -0.157. The maximum Gasteiger partial charge on any atom is 0.390 e. The maximum atomic E-state index is 11.9. The molecule has 1 aromatic heterocycles. The fourth-order valence-corrected chi connectivity index (χ4v) is 0.872. The van der Waals surface area contributed by atoms with E-state index >= 15 is 0 Å². The van der Waals surface area contributed by atoms with Crippen molar-refractivity contribution in [3.8, 4) is 0 Å². The van der Waals surface area contributed by atoms with Crippen LogP contribution in [-0.4, -0.2) is 30.0 Å². The monoisotopic (exact) mass is 224 g/mol. The molecule has 0 aromatic carbocycles. The van der Waals surface area contributed by atoms with Crippen LogP contribution in [0, 0.1) is 0 Å². The molecule has 1 rings (SSSR count). The summed E-state index contributed by atoms with van der Waals surface area (Å²) in [5.41, 5.74) is 5.21. The maximum absolute atomic E-state index is 11.9. The molecule has 0 aliphatic heterocycles. The average molecular weight is 224 g/mol. The first-order chi connectivity index (χ1) is 6.92. The minimum Gasteiger partial charge on any atom is -0.407 e. The van der Waals surface area contributed by atoms with Crippen molar-refractivity contribution in [3.05, 3.63) is 5.89 Å². The van der Waals surface area contributed by atoms with E-state index < -0.39 is 12.6 Å². The van der Waals surface area contributed by atoms with Crippen LogP contribution in [0.15, 0.2) is 4.42 Å². The van der Waals surface area contributed by atoms with Crippen LogP contribution < -0.4 is 10.6 Å². The topological polar surface area (TPSA) is 68.2 Å². The Morgan fingerprint density at radius 1 is 1.40 bits per heavy atom. The third-order valence-electron chi connectivity index (χ3n) is 1.69. The molecule has 0 saturated heterocycles. The minimum absolute atomic E-state index is 0.0414. The molecule has 8 heteroatoms. The Hall–Kier alpha value is -1.31. The zero-order chi connectivity index (χ0) is 11.5. The molecule has 1 heterocycles. The van der Waals surface area contributed by atoms with Gasteiger partial charge in [-0.1, -0.05) is 5.10 Å². The number of aromatic nitrogens is 2. The largest absolute Gasteiger partial charge is 0.407 e. The molecule has 1 aromatic rings. The van der Waals surface area contributed by atoms with Gasteiger partial charge in [0.05, 0.1) is 13.0 Å². The summed E-state index contributed by atoms with van der Waals surface area (Å²) in [5, 5.41) is 7.09. The molecule has 0 radical (unpaired) electrons. The van der Waals surface area contributed by atoms with Gasteiger partial charge < -0.3 is 15.1 Å². The third-order valence-corrected chi connectivity index (χ3v) is 1.69. The molecular formula is C7H11F3N4O. The molecule has 0 aliphatic rings. The second kappa shape index (κ2) is 4.47. The quantitative estimate of drug-likeness (QED) is 0.823. The van der Waals surface area contributed by atoms with E-state index in [1.165, 1.54) is 11.9 Å². The number of alkyl halides is 3. The number of nitrogens with zero attached hydrogens (tertiary/aromatic N) is 3. The lowest BCUT2D eigenvalue weighted by Gasteiger charge is -2.14. The fourth-order valence-electron chi connectivity index (χ4n) is 0.872. The third kappa shape index (κ3) is 3.74. The van der Waals surface area contributed by atoms with Crippen LogP contribution in [0.5, 0.6) is 0 Å². The highest BCUT2D eigenvalue weighted by molar-refractivity contribution is 5.21. The van der Waals surface area contributed by atoms with Gasteiger partial charge in [-0.3, -0.25) is 0 Å². The molecule has 0 atom stereocenters. The van der Waals surface area contributed by atoms with Gasteiger partial charge >= 0.3 is 12.2 Å². The van der Waals surface area contributed by atoms with E-state index in [1.54, 1.807) is 0 Å². The van der Waals surface area contributed by atoms with E-state index in [0.29, 0.717) is 0 Å². The van der Waals surface area contributed by atoms with Crippen LogP contribution in [0.1, 0.15) is 12.3 Å². The molecule has 0 fully saturated rings. The van der Waals surface area contributed by atoms with E-state index in [4.69, 9.17) is 10.2 Å². The molecule has 5 nitrogen and oxygen atoms in total. The SMILES string of the molecule is CN(CCC(F)(F)F)c1nnc(CN)o1. The van der Waals surface area contributed by atoms with Crippen LogP contribution in [0.4, 0.5) is 19.2 Å². The van der Waals surface area contributed by atoms with E-state index in [0.717, 1.165) is 0 Å². The Kier molecular flexibility index (Phi) is 3.51. The Labute approximate surface area is 84.1 Å². The first-order valence-electron chi connectivity index (χ1n) is 4.22. The lowest BCUT2D eigenvalue weighted by molar-refractivity contribution is -0.132. The lowest BCUT2D eigenvalue weighted by atomic mass is 10.4. The van der Waals surface area contributed by atoms with Crippen molar-refractivity contribution >= 4 is 6.01 Å². The van der Waals surface area contributed by atoms with Gasteiger partial charge in [-0.05, 0) is 0 Å². The van der Waals surface area contributed by atoms with Crippen molar-refractivity contribution in [2.45, 2.75) is 19.1 Å². The van der Waals surface area contributed by atoms with Gasteiger partial charge in [0.15, 0.2) is 0 Å². The van der Waals surface area contributed by atoms with Crippen LogP contribution in [0.3, 0.4) is 0 Å². The standard InChI is InChI=1S/C7H11F3N4O/c1-14(3-2-7(8,9)10)6-13-12-5(4-11)15-6/h2-4,11H2,1H3. The second-order valence-electron chi connectivity index (χ2n) is 2.97. The molecule has 2 N–H and O–H groups in total. The summed E-state index contributed by atoms with van der Waals surface area (Å²) < 4.78 is 40.6. The number of hydrogen-bond acceptors (Lipinski definition) is 5. The van der Waals surface area contributed by atoms with Gasteiger partial charge in [-0.2, -0.15) is 13.2 Å². The van der Waals surface area contributed by atoms with Gasteiger partial charge in [0.2, 0.25) is 5.89 Å². The molecule has 0 spiro atoms. The van der Waals surface area contributed by atoms with E-state index in [1.807, 2.05) is 0 Å². The highest BCUT2D eigenvalue weighted by Gasteiger charge is 2.27. The van der Waals surface area contributed by atoms with Crippen molar-refractivity contribution in [1.82, 2.24) is 10.2 Å². The highest BCUT2D eigenvalue weighted by atomic mass is 19.4. The number of nitrogens with two attached hydrogens (primary N) is 1. The molecule has 0 amide bonds. The van der Waals surface area contributed by atoms with E-state index in [9.17, 15) is 13.2 Å². The smallest absolute Gasteiger partial charge is 0.390 e. The molecule has 0 saturated carbocycles. The summed E-state index contributed by atoms with van der Waals surface area (Å²) in [6, 6.07) is 0.0414. The number of rotatable bonds is 4. The number of halogens is 3. The van der Waals surface area contributed by atoms with Crippen LogP contribution >= 0.6 is 0 Å². The molecular weight excluding hydrogens is 213 g/mol. The molecule has 0 bridgehead atoms. The summed E-state index contributed by atoms with van der Waals surface area (Å²) in [4.78, 5) is 1.24. The predicted octanol–water partition coefficient (Wildman–Crippen LogP) is 0.917. The average Bonchev–Trinajstić information content (AvgIpc) is 2.61. The second-order valence-corrected chi connectivity index (χ2v) is 2.97. The minimum atomic E-state index is -4.19. The predicted molar refractivity (Wildman–Crippen MR) is 46.1 cm³/mol. The Morgan fingerprint density at radius 3 is 2.53 bits per heavy atom. The van der Waals surface area contributed by atoms with E-state index in [2.05, 4.69) is 10.2 Å². The van der Waals surface area contributed by atoms with Gasteiger partial charge in [-0.25, -0.2) is 0 Å². The Bertz CT molecular complexity index is 311. The van der Waals surface area contributed by atoms with Crippen molar-refractivity contribution in [2.24, 2.45) is 5.73 Å². The summed E-state index contributed by atoms with van der Waals surface area (Å²) in [7, 11) is 1.44. The van der Waals surface area contributed by atoms with Gasteiger partial charge in [-0.15, -0.1) is 5.10 Å². The van der Waals surface area contributed by atoms with Crippen LogP contribution in [0.2, 0.25) is 0 Å². The fraction of sp³-hybridized carbons (Fsp3) is 0.714. The number of hydrogen-bond donors (Lipinski definition) is 1. The van der Waals surface area contributed by atoms with Crippen LogP contribution in [0.25, 0.3) is 0 Å².